The number of benzene rings is 1. The molecule has 0 saturated heterocycles. The molecule has 1 N–H and O–H groups in total. The van der Waals surface area contributed by atoms with Gasteiger partial charge in [-0.3, -0.25) is 0 Å². The van der Waals surface area contributed by atoms with Crippen molar-refractivity contribution in [2.45, 2.75) is 20.4 Å². The van der Waals surface area contributed by atoms with Crippen LogP contribution in [0.3, 0.4) is 0 Å². The Labute approximate surface area is 121 Å². The highest BCUT2D eigenvalue weighted by Gasteiger charge is 2.14. The first-order chi connectivity index (χ1) is 9.51. The van der Waals surface area contributed by atoms with Crippen molar-refractivity contribution in [3.8, 4) is 0 Å². The van der Waals surface area contributed by atoms with E-state index in [-0.39, 0.29) is 5.82 Å². The van der Waals surface area contributed by atoms with Crippen LogP contribution in [0, 0.1) is 12.7 Å². The molecule has 20 heavy (non-hydrogen) atoms. The van der Waals surface area contributed by atoms with E-state index in [2.05, 4.69) is 0 Å². The average Bonchev–Trinajstić information content (AvgIpc) is 2.77. The Morgan fingerprint density at radius 3 is 2.70 bits per heavy atom. The van der Waals surface area contributed by atoms with Crippen LogP contribution in [0.2, 0.25) is 0 Å². The molecule has 0 spiro atoms. The number of thiophene rings is 1. The Kier molecular flexibility index (Phi) is 4.39. The number of carboxylic acids is 1. The SMILES string of the molecule is CCN(Cc1cc(C(=O)O)sc1C)c1cccc(F)c1. The van der Waals surface area contributed by atoms with E-state index in [1.807, 2.05) is 24.8 Å². The molecule has 1 aromatic carbocycles. The summed E-state index contributed by atoms with van der Waals surface area (Å²) in [7, 11) is 0. The molecule has 0 aliphatic carbocycles. The van der Waals surface area contributed by atoms with Crippen LogP contribution in [-0.2, 0) is 6.54 Å². The summed E-state index contributed by atoms with van der Waals surface area (Å²) in [5.41, 5.74) is 1.77. The number of carboxylic acid groups (broad SMARTS) is 1. The quantitative estimate of drug-likeness (QED) is 0.908. The molecule has 0 fully saturated rings. The van der Waals surface area contributed by atoms with Gasteiger partial charge in [0.25, 0.3) is 0 Å². The van der Waals surface area contributed by atoms with Crippen LogP contribution >= 0.6 is 11.3 Å². The van der Waals surface area contributed by atoms with E-state index < -0.39 is 5.97 Å². The predicted molar refractivity (Wildman–Crippen MR) is 79.1 cm³/mol. The maximum Gasteiger partial charge on any atom is 0.345 e. The molecule has 1 aromatic heterocycles. The van der Waals surface area contributed by atoms with E-state index in [4.69, 9.17) is 5.11 Å². The van der Waals surface area contributed by atoms with Crippen molar-refractivity contribution in [1.29, 1.82) is 0 Å². The van der Waals surface area contributed by atoms with Crippen molar-refractivity contribution >= 4 is 23.0 Å². The van der Waals surface area contributed by atoms with E-state index in [9.17, 15) is 9.18 Å². The predicted octanol–water partition coefficient (Wildman–Crippen LogP) is 3.92. The number of nitrogens with zero attached hydrogens (tertiary/aromatic N) is 1. The van der Waals surface area contributed by atoms with Crippen LogP contribution in [0.4, 0.5) is 10.1 Å². The Balaban J connectivity index is 2.24. The Hall–Kier alpha value is -1.88. The summed E-state index contributed by atoms with van der Waals surface area (Å²) in [4.78, 5) is 14.3. The molecular formula is C15H16FNO2S. The number of aromatic carboxylic acids is 1. The van der Waals surface area contributed by atoms with Crippen molar-refractivity contribution in [2.75, 3.05) is 11.4 Å². The molecule has 0 amide bonds. The number of rotatable bonds is 5. The maximum atomic E-state index is 13.3. The molecule has 106 valence electrons. The fraction of sp³-hybridized carbons (Fsp3) is 0.267. The minimum Gasteiger partial charge on any atom is -0.477 e. The van der Waals surface area contributed by atoms with Gasteiger partial charge in [-0.15, -0.1) is 11.3 Å². The highest BCUT2D eigenvalue weighted by atomic mass is 32.1. The van der Waals surface area contributed by atoms with Crippen molar-refractivity contribution < 1.29 is 14.3 Å². The van der Waals surface area contributed by atoms with Crippen LogP contribution in [0.5, 0.6) is 0 Å². The van der Waals surface area contributed by atoms with Gasteiger partial charge < -0.3 is 10.0 Å². The molecule has 0 radical (unpaired) electrons. The molecule has 0 aliphatic heterocycles. The van der Waals surface area contributed by atoms with Gasteiger partial charge in [-0.25, -0.2) is 9.18 Å². The largest absolute Gasteiger partial charge is 0.477 e. The van der Waals surface area contributed by atoms with Gasteiger partial charge in [0.1, 0.15) is 10.7 Å². The topological polar surface area (TPSA) is 40.5 Å². The molecule has 1 heterocycles. The van der Waals surface area contributed by atoms with Gasteiger partial charge in [0.05, 0.1) is 0 Å². The van der Waals surface area contributed by atoms with Crippen molar-refractivity contribution in [3.63, 3.8) is 0 Å². The minimum atomic E-state index is -0.904. The summed E-state index contributed by atoms with van der Waals surface area (Å²) in [6.07, 6.45) is 0. The number of halogens is 1. The molecule has 0 saturated carbocycles. The number of anilines is 1. The lowest BCUT2D eigenvalue weighted by atomic mass is 10.2. The molecule has 0 aliphatic rings. The van der Waals surface area contributed by atoms with E-state index in [1.165, 1.54) is 23.5 Å². The number of hydrogen-bond acceptors (Lipinski definition) is 3. The summed E-state index contributed by atoms with van der Waals surface area (Å²) in [6, 6.07) is 8.13. The Morgan fingerprint density at radius 2 is 2.15 bits per heavy atom. The number of carbonyl (C=O) groups is 1. The lowest BCUT2D eigenvalue weighted by molar-refractivity contribution is 0.0702. The molecule has 5 heteroatoms. The molecular weight excluding hydrogens is 277 g/mol. The lowest BCUT2D eigenvalue weighted by Gasteiger charge is -2.23. The zero-order chi connectivity index (χ0) is 14.7. The summed E-state index contributed by atoms with van der Waals surface area (Å²) >= 11 is 1.27. The molecule has 0 unspecified atom stereocenters. The average molecular weight is 293 g/mol. The summed E-state index contributed by atoms with van der Waals surface area (Å²) < 4.78 is 13.3. The molecule has 2 rings (SSSR count). The van der Waals surface area contributed by atoms with Gasteiger partial charge in [-0.05, 0) is 43.7 Å². The molecule has 0 bridgehead atoms. The molecule has 0 atom stereocenters. The maximum absolute atomic E-state index is 13.3. The van der Waals surface area contributed by atoms with E-state index in [0.717, 1.165) is 22.7 Å². The Bertz CT molecular complexity index is 624. The van der Waals surface area contributed by atoms with Crippen LogP contribution in [0.1, 0.15) is 27.0 Å². The van der Waals surface area contributed by atoms with Crippen LogP contribution in [-0.4, -0.2) is 17.6 Å². The highest BCUT2D eigenvalue weighted by molar-refractivity contribution is 7.14. The smallest absolute Gasteiger partial charge is 0.345 e. The molecule has 2 aromatic rings. The summed E-state index contributed by atoms with van der Waals surface area (Å²) in [6.45, 7) is 5.20. The van der Waals surface area contributed by atoms with Crippen molar-refractivity contribution in [2.24, 2.45) is 0 Å². The second kappa shape index (κ2) is 6.05. The van der Waals surface area contributed by atoms with Crippen LogP contribution in [0.25, 0.3) is 0 Å². The summed E-state index contributed by atoms with van der Waals surface area (Å²) in [5.74, 6) is -1.17. The highest BCUT2D eigenvalue weighted by Crippen LogP contribution is 2.25. The second-order valence-electron chi connectivity index (χ2n) is 4.49. The summed E-state index contributed by atoms with van der Waals surface area (Å²) in [5, 5.41) is 9.01. The van der Waals surface area contributed by atoms with E-state index in [1.54, 1.807) is 12.1 Å². The van der Waals surface area contributed by atoms with Gasteiger partial charge in [-0.2, -0.15) is 0 Å². The first kappa shape index (κ1) is 14.5. The van der Waals surface area contributed by atoms with Gasteiger partial charge in [0.2, 0.25) is 0 Å². The van der Waals surface area contributed by atoms with Crippen molar-refractivity contribution in [3.05, 3.63) is 51.5 Å². The normalized spacial score (nSPS) is 10.6. The number of aryl methyl sites for hydroxylation is 1. The first-order valence-corrected chi connectivity index (χ1v) is 7.16. The van der Waals surface area contributed by atoms with Gasteiger partial charge >= 0.3 is 5.97 Å². The van der Waals surface area contributed by atoms with E-state index in [0.29, 0.717) is 11.4 Å². The first-order valence-electron chi connectivity index (χ1n) is 6.34. The van der Waals surface area contributed by atoms with Gasteiger partial charge in [0, 0.05) is 23.7 Å². The third-order valence-electron chi connectivity index (χ3n) is 3.15. The fourth-order valence-corrected chi connectivity index (χ4v) is 2.92. The minimum absolute atomic E-state index is 0.269. The van der Waals surface area contributed by atoms with Crippen molar-refractivity contribution in [1.82, 2.24) is 0 Å². The van der Waals surface area contributed by atoms with Gasteiger partial charge in [0.15, 0.2) is 0 Å². The zero-order valence-corrected chi connectivity index (χ0v) is 12.2. The lowest BCUT2D eigenvalue weighted by Crippen LogP contribution is -2.22. The Morgan fingerprint density at radius 1 is 1.40 bits per heavy atom. The third kappa shape index (κ3) is 3.17. The fourth-order valence-electron chi connectivity index (χ4n) is 2.05. The van der Waals surface area contributed by atoms with Gasteiger partial charge in [-0.1, -0.05) is 6.07 Å². The molecule has 3 nitrogen and oxygen atoms in total. The monoisotopic (exact) mass is 293 g/mol. The zero-order valence-electron chi connectivity index (χ0n) is 11.4. The second-order valence-corrected chi connectivity index (χ2v) is 5.75. The standard InChI is InChI=1S/C15H16FNO2S/c1-3-17(13-6-4-5-12(16)8-13)9-11-7-14(15(18)19)20-10(11)2/h4-8H,3,9H2,1-2H3,(H,18,19). The van der Waals surface area contributed by atoms with Crippen LogP contribution in [0.15, 0.2) is 30.3 Å². The van der Waals surface area contributed by atoms with E-state index >= 15 is 0 Å². The third-order valence-corrected chi connectivity index (χ3v) is 4.23. The van der Waals surface area contributed by atoms with Crippen LogP contribution < -0.4 is 4.90 Å². The number of hydrogen-bond donors (Lipinski definition) is 1.